The van der Waals surface area contributed by atoms with Gasteiger partial charge in [-0.25, -0.2) is 0 Å². The third kappa shape index (κ3) is 1.48. The van der Waals surface area contributed by atoms with Gasteiger partial charge in [0.25, 0.3) is 0 Å². The number of anilines is 1. The van der Waals surface area contributed by atoms with E-state index >= 15 is 0 Å². The van der Waals surface area contributed by atoms with Crippen molar-refractivity contribution >= 4 is 11.4 Å². The van der Waals surface area contributed by atoms with Crippen molar-refractivity contribution in [2.45, 2.75) is 13.3 Å². The zero-order chi connectivity index (χ0) is 9.97. The van der Waals surface area contributed by atoms with Crippen molar-refractivity contribution in [2.75, 3.05) is 18.2 Å². The average molecular weight is 192 g/mol. The van der Waals surface area contributed by atoms with Crippen LogP contribution in [0.25, 0.3) is 0 Å². The van der Waals surface area contributed by atoms with E-state index < -0.39 is 0 Å². The van der Waals surface area contributed by atoms with Crippen molar-refractivity contribution in [1.82, 2.24) is 0 Å². The molecule has 0 atom stereocenters. The van der Waals surface area contributed by atoms with E-state index in [-0.39, 0.29) is 0 Å². The molecule has 4 heteroatoms. The van der Waals surface area contributed by atoms with Gasteiger partial charge in [0.1, 0.15) is 5.69 Å². The molecule has 14 heavy (non-hydrogen) atoms. The highest BCUT2D eigenvalue weighted by Gasteiger charge is 2.19. The van der Waals surface area contributed by atoms with Gasteiger partial charge in [0.05, 0.1) is 12.3 Å². The van der Waals surface area contributed by atoms with Crippen molar-refractivity contribution in [2.24, 2.45) is 5.18 Å². The van der Waals surface area contributed by atoms with E-state index in [1.54, 1.807) is 6.07 Å². The van der Waals surface area contributed by atoms with Crippen molar-refractivity contribution in [3.05, 3.63) is 28.7 Å². The van der Waals surface area contributed by atoms with Gasteiger partial charge >= 0.3 is 0 Å². The van der Waals surface area contributed by atoms with Crippen LogP contribution in [0.5, 0.6) is 0 Å². The first kappa shape index (κ1) is 9.15. The van der Waals surface area contributed by atoms with E-state index in [4.69, 9.17) is 4.84 Å². The van der Waals surface area contributed by atoms with E-state index in [0.29, 0.717) is 12.3 Å². The summed E-state index contributed by atoms with van der Waals surface area (Å²) in [4.78, 5) is 15.7. The molecule has 1 aromatic rings. The van der Waals surface area contributed by atoms with Gasteiger partial charge in [0.2, 0.25) is 0 Å². The second-order valence-electron chi connectivity index (χ2n) is 3.17. The highest BCUT2D eigenvalue weighted by atomic mass is 16.7. The topological polar surface area (TPSA) is 41.9 Å². The molecule has 0 aromatic heterocycles. The first-order valence-corrected chi connectivity index (χ1v) is 4.72. The van der Waals surface area contributed by atoms with Crippen LogP contribution in [0.1, 0.15) is 12.5 Å². The first-order valence-electron chi connectivity index (χ1n) is 4.72. The summed E-state index contributed by atoms with van der Waals surface area (Å²) in [6.45, 7) is 3.47. The summed E-state index contributed by atoms with van der Waals surface area (Å²) in [6, 6.07) is 5.42. The minimum absolute atomic E-state index is 0.488. The third-order valence-electron chi connectivity index (χ3n) is 2.31. The van der Waals surface area contributed by atoms with Gasteiger partial charge in [-0.05, 0) is 42.3 Å². The molecule has 4 nitrogen and oxygen atoms in total. The van der Waals surface area contributed by atoms with Crippen molar-refractivity contribution in [3.63, 3.8) is 0 Å². The molecule has 0 amide bonds. The fraction of sp³-hybridized carbons (Fsp3) is 0.400. The maximum atomic E-state index is 10.3. The average Bonchev–Trinajstić information content (AvgIpc) is 2.61. The third-order valence-corrected chi connectivity index (χ3v) is 2.31. The largest absolute Gasteiger partial charge is 0.274 e. The van der Waals surface area contributed by atoms with Crippen molar-refractivity contribution < 1.29 is 4.84 Å². The maximum Gasteiger partial charge on any atom is 0.108 e. The number of hydrogen-bond acceptors (Lipinski definition) is 4. The standard InChI is InChI=1S/C10H12N2O2/c1-2-14-12-6-5-8-7-9(11-13)3-4-10(8)12/h3-4,7H,2,5-6H2,1H3. The smallest absolute Gasteiger partial charge is 0.108 e. The summed E-state index contributed by atoms with van der Waals surface area (Å²) in [6.07, 6.45) is 0.915. The van der Waals surface area contributed by atoms with Crippen LogP contribution in [0.3, 0.4) is 0 Å². The Morgan fingerprint density at radius 1 is 1.57 bits per heavy atom. The van der Waals surface area contributed by atoms with Crippen LogP contribution in [-0.4, -0.2) is 13.2 Å². The molecule has 2 rings (SSSR count). The van der Waals surface area contributed by atoms with Crippen LogP contribution in [0.4, 0.5) is 11.4 Å². The lowest BCUT2D eigenvalue weighted by atomic mass is 10.1. The van der Waals surface area contributed by atoms with E-state index in [9.17, 15) is 4.91 Å². The van der Waals surface area contributed by atoms with Gasteiger partial charge in [-0.2, -0.15) is 0 Å². The maximum absolute atomic E-state index is 10.3. The number of hydroxylamine groups is 1. The molecule has 74 valence electrons. The zero-order valence-electron chi connectivity index (χ0n) is 8.06. The van der Waals surface area contributed by atoms with Gasteiger partial charge in [0.15, 0.2) is 0 Å². The molecular weight excluding hydrogens is 180 g/mol. The molecule has 0 saturated heterocycles. The lowest BCUT2D eigenvalue weighted by molar-refractivity contribution is 0.126. The Morgan fingerprint density at radius 3 is 3.14 bits per heavy atom. The van der Waals surface area contributed by atoms with Crippen LogP contribution in [0.2, 0.25) is 0 Å². The van der Waals surface area contributed by atoms with Crippen LogP contribution in [0.15, 0.2) is 23.4 Å². The van der Waals surface area contributed by atoms with Crippen LogP contribution < -0.4 is 5.06 Å². The molecule has 1 aromatic carbocycles. The molecule has 0 unspecified atom stereocenters. The summed E-state index contributed by atoms with van der Waals surface area (Å²) in [5.41, 5.74) is 2.68. The number of nitrogens with zero attached hydrogens (tertiary/aromatic N) is 2. The molecule has 0 bridgehead atoms. The summed E-state index contributed by atoms with van der Waals surface area (Å²) in [5, 5.41) is 4.77. The monoisotopic (exact) mass is 192 g/mol. The number of benzene rings is 1. The Morgan fingerprint density at radius 2 is 2.43 bits per heavy atom. The minimum Gasteiger partial charge on any atom is -0.274 e. The Kier molecular flexibility index (Phi) is 2.45. The van der Waals surface area contributed by atoms with Gasteiger partial charge in [-0.1, -0.05) is 0 Å². The van der Waals surface area contributed by atoms with Crippen molar-refractivity contribution in [3.8, 4) is 0 Å². The summed E-state index contributed by atoms with van der Waals surface area (Å²) >= 11 is 0. The van der Waals surface area contributed by atoms with E-state index in [1.807, 2.05) is 24.1 Å². The van der Waals surface area contributed by atoms with Crippen LogP contribution in [0, 0.1) is 4.91 Å². The second-order valence-corrected chi connectivity index (χ2v) is 3.17. The quantitative estimate of drug-likeness (QED) is 0.690. The Labute approximate surface area is 82.4 Å². The lowest BCUT2D eigenvalue weighted by Crippen LogP contribution is -2.20. The molecule has 1 heterocycles. The minimum atomic E-state index is 0.488. The number of fused-ring (bicyclic) bond motifs is 1. The Bertz CT molecular complexity index is 352. The molecule has 0 fully saturated rings. The van der Waals surface area contributed by atoms with Crippen LogP contribution in [-0.2, 0) is 11.3 Å². The number of hydrogen-bond donors (Lipinski definition) is 0. The number of rotatable bonds is 3. The predicted molar refractivity (Wildman–Crippen MR) is 54.6 cm³/mol. The van der Waals surface area contributed by atoms with E-state index in [2.05, 4.69) is 5.18 Å². The zero-order valence-corrected chi connectivity index (χ0v) is 8.06. The Balaban J connectivity index is 2.28. The molecule has 1 aliphatic heterocycles. The van der Waals surface area contributed by atoms with Gasteiger partial charge in [0, 0.05) is 6.54 Å². The summed E-state index contributed by atoms with van der Waals surface area (Å²) < 4.78 is 0. The molecule has 0 saturated carbocycles. The van der Waals surface area contributed by atoms with E-state index in [0.717, 1.165) is 24.2 Å². The fourth-order valence-electron chi connectivity index (χ4n) is 1.70. The second kappa shape index (κ2) is 3.75. The number of nitroso groups, excluding NO2 is 1. The highest BCUT2D eigenvalue weighted by Crippen LogP contribution is 2.31. The first-order chi connectivity index (χ1) is 6.85. The normalized spacial score (nSPS) is 14.2. The summed E-state index contributed by atoms with van der Waals surface area (Å²) in [5.74, 6) is 0. The van der Waals surface area contributed by atoms with Crippen LogP contribution >= 0.6 is 0 Å². The predicted octanol–water partition coefficient (Wildman–Crippen LogP) is 2.40. The molecule has 0 spiro atoms. The molecule has 1 aliphatic rings. The lowest BCUT2D eigenvalue weighted by Gasteiger charge is -2.17. The molecule has 0 N–H and O–H groups in total. The SMILES string of the molecule is CCON1CCc2cc(N=O)ccc21. The molecule has 0 radical (unpaired) electrons. The van der Waals surface area contributed by atoms with Gasteiger partial charge in [-0.3, -0.25) is 9.90 Å². The van der Waals surface area contributed by atoms with Crippen molar-refractivity contribution in [1.29, 1.82) is 0 Å². The Hall–Kier alpha value is -1.42. The molecular formula is C10H12N2O2. The van der Waals surface area contributed by atoms with Gasteiger partial charge < -0.3 is 0 Å². The fourth-order valence-corrected chi connectivity index (χ4v) is 1.70. The van der Waals surface area contributed by atoms with Gasteiger partial charge in [-0.15, -0.1) is 4.91 Å². The summed E-state index contributed by atoms with van der Waals surface area (Å²) in [7, 11) is 0. The highest BCUT2D eigenvalue weighted by molar-refractivity contribution is 5.61. The molecule has 0 aliphatic carbocycles. The van der Waals surface area contributed by atoms with E-state index in [1.165, 1.54) is 0 Å².